The van der Waals surface area contributed by atoms with Crippen molar-refractivity contribution in [3.63, 3.8) is 0 Å². The second kappa shape index (κ2) is 8.41. The maximum absolute atomic E-state index is 12.9. The molecule has 0 aliphatic carbocycles. The number of hydrogen-bond donors (Lipinski definition) is 0. The van der Waals surface area contributed by atoms with E-state index in [9.17, 15) is 13.2 Å². The fourth-order valence-corrected chi connectivity index (χ4v) is 3.68. The lowest BCUT2D eigenvalue weighted by Gasteiger charge is -2.17. The molecule has 3 nitrogen and oxygen atoms in total. The van der Waals surface area contributed by atoms with Crippen LogP contribution in [0.2, 0.25) is 0 Å². The summed E-state index contributed by atoms with van der Waals surface area (Å²) in [6.45, 7) is 3.76. The van der Waals surface area contributed by atoms with E-state index in [0.29, 0.717) is 15.8 Å². The summed E-state index contributed by atoms with van der Waals surface area (Å²) < 4.78 is 44.5. The summed E-state index contributed by atoms with van der Waals surface area (Å²) in [7, 11) is 0. The zero-order valence-corrected chi connectivity index (χ0v) is 16.6. The molecule has 0 aliphatic rings. The summed E-state index contributed by atoms with van der Waals surface area (Å²) in [5, 5.41) is 0.554. The first-order valence-corrected chi connectivity index (χ1v) is 9.55. The third-order valence-electron chi connectivity index (χ3n) is 3.72. The normalized spacial score (nSPS) is 12.6. The molecule has 0 spiro atoms. The van der Waals surface area contributed by atoms with Crippen LogP contribution in [0.5, 0.6) is 5.75 Å². The number of aromatic nitrogens is 2. The van der Waals surface area contributed by atoms with Crippen molar-refractivity contribution in [1.29, 1.82) is 0 Å². The molecule has 1 heterocycles. The van der Waals surface area contributed by atoms with Crippen LogP contribution >= 0.6 is 23.4 Å². The molecule has 2 aromatic carbocycles. The van der Waals surface area contributed by atoms with E-state index in [-0.39, 0.29) is 5.56 Å². The van der Waals surface area contributed by atoms with Gasteiger partial charge < -0.3 is 4.74 Å². The molecule has 3 aromatic rings. The molecule has 0 fully saturated rings. The lowest BCUT2D eigenvalue weighted by Crippen LogP contribution is -2.07. The number of hydrogen-bond acceptors (Lipinski definition) is 4. The molecule has 1 aromatic heterocycles. The van der Waals surface area contributed by atoms with Gasteiger partial charge in [0.05, 0.1) is 10.5 Å². The fourth-order valence-electron chi connectivity index (χ4n) is 2.51. The Hall–Kier alpha value is -2.25. The number of para-hydroxylation sites is 1. The standard InChI is InChI=1S/C20H16ClF3N2OS/c1-12-10-13(2)26-19(25-12)28-17-9-4-3-8-16(17)27-18(21)14-6-5-7-15(11-14)20(22,23)24/h3-11,18H,1-2H3. The number of benzene rings is 2. The Labute approximate surface area is 169 Å². The van der Waals surface area contributed by atoms with Gasteiger partial charge in [0.2, 0.25) is 0 Å². The summed E-state index contributed by atoms with van der Waals surface area (Å²) in [5.74, 6) is 0.438. The van der Waals surface area contributed by atoms with Crippen molar-refractivity contribution in [2.45, 2.75) is 35.6 Å². The molecule has 0 radical (unpaired) electrons. The first kappa shape index (κ1) is 20.5. The van der Waals surface area contributed by atoms with Gasteiger partial charge in [0.25, 0.3) is 0 Å². The molecule has 0 aliphatic heterocycles. The largest absolute Gasteiger partial charge is 0.469 e. The van der Waals surface area contributed by atoms with Crippen molar-refractivity contribution in [3.8, 4) is 5.75 Å². The Balaban J connectivity index is 1.83. The van der Waals surface area contributed by atoms with Gasteiger partial charge in [0.15, 0.2) is 10.7 Å². The minimum Gasteiger partial charge on any atom is -0.469 e. The van der Waals surface area contributed by atoms with E-state index in [1.54, 1.807) is 12.1 Å². The maximum atomic E-state index is 12.9. The Bertz CT molecular complexity index is 961. The minimum absolute atomic E-state index is 0.221. The van der Waals surface area contributed by atoms with E-state index in [0.717, 1.165) is 23.5 Å². The van der Waals surface area contributed by atoms with E-state index in [2.05, 4.69) is 9.97 Å². The Morgan fingerprint density at radius 3 is 2.32 bits per heavy atom. The average molecular weight is 425 g/mol. The van der Waals surface area contributed by atoms with E-state index in [1.807, 2.05) is 32.0 Å². The highest BCUT2D eigenvalue weighted by Crippen LogP contribution is 2.37. The third-order valence-corrected chi connectivity index (χ3v) is 4.98. The van der Waals surface area contributed by atoms with Crippen molar-refractivity contribution < 1.29 is 17.9 Å². The van der Waals surface area contributed by atoms with Crippen LogP contribution in [0.3, 0.4) is 0 Å². The highest BCUT2D eigenvalue weighted by Gasteiger charge is 2.31. The SMILES string of the molecule is Cc1cc(C)nc(Sc2ccccc2OC(Cl)c2cccc(C(F)(F)F)c2)n1. The van der Waals surface area contributed by atoms with Crippen LogP contribution in [-0.4, -0.2) is 9.97 Å². The van der Waals surface area contributed by atoms with Crippen molar-refractivity contribution in [2.75, 3.05) is 0 Å². The van der Waals surface area contributed by atoms with E-state index in [1.165, 1.54) is 23.9 Å². The summed E-state index contributed by atoms with van der Waals surface area (Å²) in [4.78, 5) is 9.48. The summed E-state index contributed by atoms with van der Waals surface area (Å²) in [6, 6.07) is 13.8. The van der Waals surface area contributed by atoms with Gasteiger partial charge in [-0.05, 0) is 55.9 Å². The summed E-state index contributed by atoms with van der Waals surface area (Å²) >= 11 is 7.56. The van der Waals surface area contributed by atoms with Gasteiger partial charge in [0.1, 0.15) is 5.75 Å². The molecule has 0 bridgehead atoms. The molecule has 146 valence electrons. The van der Waals surface area contributed by atoms with Gasteiger partial charge in [0, 0.05) is 17.0 Å². The van der Waals surface area contributed by atoms with Crippen molar-refractivity contribution in [2.24, 2.45) is 0 Å². The van der Waals surface area contributed by atoms with Crippen LogP contribution in [0, 0.1) is 13.8 Å². The zero-order chi connectivity index (χ0) is 20.3. The van der Waals surface area contributed by atoms with Crippen LogP contribution in [-0.2, 0) is 6.18 Å². The number of aryl methyl sites for hydroxylation is 2. The lowest BCUT2D eigenvalue weighted by molar-refractivity contribution is -0.137. The zero-order valence-electron chi connectivity index (χ0n) is 15.0. The Kier molecular flexibility index (Phi) is 6.15. The van der Waals surface area contributed by atoms with Crippen LogP contribution in [0.4, 0.5) is 13.2 Å². The number of rotatable bonds is 5. The smallest absolute Gasteiger partial charge is 0.416 e. The van der Waals surface area contributed by atoms with Crippen LogP contribution in [0.15, 0.2) is 64.6 Å². The number of alkyl halides is 4. The molecule has 0 saturated heterocycles. The molecule has 28 heavy (non-hydrogen) atoms. The molecule has 8 heteroatoms. The molecular formula is C20H16ClF3N2OS. The number of halogens is 4. The van der Waals surface area contributed by atoms with Crippen molar-refractivity contribution >= 4 is 23.4 Å². The second-order valence-electron chi connectivity index (χ2n) is 6.04. The molecule has 0 saturated carbocycles. The molecule has 1 atom stereocenters. The van der Waals surface area contributed by atoms with Gasteiger partial charge in [-0.25, -0.2) is 9.97 Å². The van der Waals surface area contributed by atoms with Gasteiger partial charge in [-0.1, -0.05) is 35.9 Å². The first-order valence-electron chi connectivity index (χ1n) is 8.29. The number of nitrogens with zero attached hydrogens (tertiary/aromatic N) is 2. The minimum atomic E-state index is -4.44. The highest BCUT2D eigenvalue weighted by molar-refractivity contribution is 7.99. The van der Waals surface area contributed by atoms with E-state index >= 15 is 0 Å². The first-order chi connectivity index (χ1) is 13.2. The quantitative estimate of drug-likeness (QED) is 0.342. The van der Waals surface area contributed by atoms with Crippen molar-refractivity contribution in [3.05, 3.63) is 77.1 Å². The van der Waals surface area contributed by atoms with Crippen LogP contribution < -0.4 is 4.74 Å². The average Bonchev–Trinajstić information content (AvgIpc) is 2.62. The third kappa shape index (κ3) is 5.17. The van der Waals surface area contributed by atoms with Crippen molar-refractivity contribution in [1.82, 2.24) is 9.97 Å². The van der Waals surface area contributed by atoms with E-state index < -0.39 is 17.3 Å². The predicted octanol–water partition coefficient (Wildman–Crippen LogP) is 6.58. The molecular weight excluding hydrogens is 409 g/mol. The predicted molar refractivity (Wildman–Crippen MR) is 103 cm³/mol. The second-order valence-corrected chi connectivity index (χ2v) is 7.44. The van der Waals surface area contributed by atoms with E-state index in [4.69, 9.17) is 16.3 Å². The van der Waals surface area contributed by atoms with Gasteiger partial charge in [-0.3, -0.25) is 0 Å². The van der Waals surface area contributed by atoms with Crippen LogP contribution in [0.1, 0.15) is 28.1 Å². The topological polar surface area (TPSA) is 35.0 Å². The molecule has 3 rings (SSSR count). The summed E-state index contributed by atoms with van der Waals surface area (Å²) in [6.07, 6.45) is -4.44. The lowest BCUT2D eigenvalue weighted by atomic mass is 10.1. The van der Waals surface area contributed by atoms with Gasteiger partial charge in [-0.2, -0.15) is 13.2 Å². The Morgan fingerprint density at radius 1 is 0.964 bits per heavy atom. The fraction of sp³-hybridized carbons (Fsp3) is 0.200. The van der Waals surface area contributed by atoms with Crippen LogP contribution in [0.25, 0.3) is 0 Å². The molecule has 0 N–H and O–H groups in total. The number of ether oxygens (including phenoxy) is 1. The molecule has 0 amide bonds. The maximum Gasteiger partial charge on any atom is 0.416 e. The van der Waals surface area contributed by atoms with Gasteiger partial charge in [-0.15, -0.1) is 0 Å². The summed E-state index contributed by atoms with van der Waals surface area (Å²) in [5.41, 5.74) is 0.0499. The monoisotopic (exact) mass is 424 g/mol. The highest BCUT2D eigenvalue weighted by atomic mass is 35.5. The van der Waals surface area contributed by atoms with Gasteiger partial charge >= 0.3 is 6.18 Å². The Morgan fingerprint density at radius 2 is 1.64 bits per heavy atom. The molecule has 1 unspecified atom stereocenters.